The molecule has 2 aromatic rings. The molecule has 1 unspecified atom stereocenters. The molecule has 0 radical (unpaired) electrons. The summed E-state index contributed by atoms with van der Waals surface area (Å²) in [7, 11) is -3.56. The molecule has 1 saturated heterocycles. The summed E-state index contributed by atoms with van der Waals surface area (Å²) >= 11 is 12.6. The van der Waals surface area contributed by atoms with Crippen LogP contribution in [0.1, 0.15) is 69.5 Å². The predicted octanol–water partition coefficient (Wildman–Crippen LogP) is 5.98. The highest BCUT2D eigenvalue weighted by molar-refractivity contribution is 7.88. The van der Waals surface area contributed by atoms with Gasteiger partial charge in [-0.15, -0.1) is 0 Å². The Labute approximate surface area is 241 Å². The van der Waals surface area contributed by atoms with Gasteiger partial charge < -0.3 is 10.0 Å². The molecule has 212 valence electrons. The quantitative estimate of drug-likeness (QED) is 0.365. The molecule has 39 heavy (non-hydrogen) atoms. The van der Waals surface area contributed by atoms with Crippen LogP contribution in [0.4, 0.5) is 0 Å². The van der Waals surface area contributed by atoms with E-state index < -0.39 is 33.5 Å². The van der Waals surface area contributed by atoms with E-state index in [9.17, 15) is 23.1 Å². The van der Waals surface area contributed by atoms with Gasteiger partial charge in [-0.25, -0.2) is 8.42 Å². The Morgan fingerprint density at radius 3 is 2.26 bits per heavy atom. The third-order valence-electron chi connectivity index (χ3n) is 8.02. The molecule has 0 bridgehead atoms. The molecule has 4 atom stereocenters. The summed E-state index contributed by atoms with van der Waals surface area (Å²) in [6.45, 7) is 5.50. The van der Waals surface area contributed by atoms with Crippen molar-refractivity contribution in [3.63, 3.8) is 0 Å². The molecule has 0 aromatic heterocycles. The van der Waals surface area contributed by atoms with Gasteiger partial charge in [0.05, 0.1) is 24.1 Å². The molecule has 1 aliphatic heterocycles. The first kappa shape index (κ1) is 29.8. The van der Waals surface area contributed by atoms with E-state index in [1.807, 2.05) is 49.1 Å². The Bertz CT molecular complexity index is 1330. The first-order valence-electron chi connectivity index (χ1n) is 13.2. The van der Waals surface area contributed by atoms with Gasteiger partial charge in [0, 0.05) is 34.6 Å². The lowest BCUT2D eigenvalue weighted by Gasteiger charge is -2.52. The number of piperidine rings is 1. The normalized spacial score (nSPS) is 24.8. The third kappa shape index (κ3) is 6.62. The molecular weight excluding hydrogens is 559 g/mol. The van der Waals surface area contributed by atoms with Gasteiger partial charge >= 0.3 is 5.97 Å². The second-order valence-electron chi connectivity index (χ2n) is 11.5. The van der Waals surface area contributed by atoms with E-state index in [1.54, 1.807) is 25.1 Å². The van der Waals surface area contributed by atoms with Crippen molar-refractivity contribution < 1.29 is 23.1 Å². The first-order valence-corrected chi connectivity index (χ1v) is 15.8. The molecule has 1 saturated carbocycles. The lowest BCUT2D eigenvalue weighted by atomic mass is 9.67. The zero-order valence-electron chi connectivity index (χ0n) is 22.7. The van der Waals surface area contributed by atoms with Crippen molar-refractivity contribution in [1.82, 2.24) is 9.21 Å². The number of hydrogen-bond donors (Lipinski definition) is 1. The molecule has 1 heterocycles. The van der Waals surface area contributed by atoms with Crippen LogP contribution >= 0.6 is 23.2 Å². The molecule has 0 spiro atoms. The number of benzene rings is 2. The van der Waals surface area contributed by atoms with Gasteiger partial charge in [0.2, 0.25) is 15.9 Å². The highest BCUT2D eigenvalue weighted by atomic mass is 35.5. The van der Waals surface area contributed by atoms with Crippen molar-refractivity contribution in [2.45, 2.75) is 70.5 Å². The van der Waals surface area contributed by atoms with E-state index in [0.717, 1.165) is 24.0 Å². The first-order chi connectivity index (χ1) is 18.2. The van der Waals surface area contributed by atoms with Crippen LogP contribution in [0.5, 0.6) is 0 Å². The molecular formula is C29H36Cl2N2O5S. The van der Waals surface area contributed by atoms with Gasteiger partial charge in [-0.1, -0.05) is 54.4 Å². The maximum Gasteiger partial charge on any atom is 0.304 e. The van der Waals surface area contributed by atoms with Crippen LogP contribution < -0.4 is 0 Å². The summed E-state index contributed by atoms with van der Waals surface area (Å²) in [6.07, 6.45) is 2.91. The maximum atomic E-state index is 14.5. The fraction of sp³-hybridized carbons (Fsp3) is 0.517. The number of carboxylic acids is 1. The smallest absolute Gasteiger partial charge is 0.304 e. The second-order valence-corrected chi connectivity index (χ2v) is 14.3. The minimum Gasteiger partial charge on any atom is -0.481 e. The molecule has 1 amide bonds. The number of halogens is 2. The zero-order chi connectivity index (χ0) is 28.7. The molecule has 7 nitrogen and oxygen atoms in total. The number of carboxylic acid groups (broad SMARTS) is 1. The number of rotatable bonds is 10. The molecule has 1 aliphatic carbocycles. The van der Waals surface area contributed by atoms with Crippen molar-refractivity contribution in [3.8, 4) is 0 Å². The Morgan fingerprint density at radius 1 is 1.10 bits per heavy atom. The van der Waals surface area contributed by atoms with Crippen LogP contribution in [0.25, 0.3) is 0 Å². The van der Waals surface area contributed by atoms with Crippen molar-refractivity contribution in [1.29, 1.82) is 0 Å². The van der Waals surface area contributed by atoms with E-state index in [0.29, 0.717) is 16.5 Å². The van der Waals surface area contributed by atoms with Crippen LogP contribution in [0.3, 0.4) is 0 Å². The topological polar surface area (TPSA) is 95.0 Å². The van der Waals surface area contributed by atoms with Gasteiger partial charge in [0.25, 0.3) is 0 Å². The van der Waals surface area contributed by atoms with Crippen molar-refractivity contribution in [2.24, 2.45) is 11.3 Å². The van der Waals surface area contributed by atoms with Crippen LogP contribution in [0, 0.1) is 11.3 Å². The Morgan fingerprint density at radius 2 is 1.74 bits per heavy atom. The number of sulfonamides is 1. The van der Waals surface area contributed by atoms with Gasteiger partial charge in [-0.3, -0.25) is 9.59 Å². The molecule has 2 aliphatic rings. The molecule has 2 fully saturated rings. The standard InChI is InChI=1S/C29H36Cl2N2O5S/c1-18(2)32(39(4,37)38)17-25(19-8-9-19)33-27(20-10-12-22(30)13-11-20)24(21-6-5-7-23(31)14-21)15-29(3,28(33)36)16-26(34)35/h5-7,10-14,18-19,24-25,27H,8-9,15-17H2,1-4H3,(H,34,35)/t24-,25-,27?,29-/m1/s1. The molecule has 4 rings (SSSR count). The average Bonchev–Trinajstić information content (AvgIpc) is 3.66. The minimum atomic E-state index is -3.56. The number of aliphatic carboxylic acids is 1. The molecule has 1 N–H and O–H groups in total. The minimum absolute atomic E-state index is 0.110. The Balaban J connectivity index is 1.93. The highest BCUT2D eigenvalue weighted by Crippen LogP contribution is 2.54. The van der Waals surface area contributed by atoms with Gasteiger partial charge in [0.1, 0.15) is 0 Å². The van der Waals surface area contributed by atoms with E-state index in [1.165, 1.54) is 10.6 Å². The highest BCUT2D eigenvalue weighted by Gasteiger charge is 2.55. The fourth-order valence-corrected chi connectivity index (χ4v) is 7.62. The van der Waals surface area contributed by atoms with Gasteiger partial charge in [0.15, 0.2) is 0 Å². The average molecular weight is 596 g/mol. The van der Waals surface area contributed by atoms with Crippen LogP contribution in [0.2, 0.25) is 10.0 Å². The number of likely N-dealkylation sites (tertiary alicyclic amines) is 1. The summed E-state index contributed by atoms with van der Waals surface area (Å²) < 4.78 is 27.1. The predicted molar refractivity (Wildman–Crippen MR) is 153 cm³/mol. The van der Waals surface area contributed by atoms with Crippen LogP contribution in [0.15, 0.2) is 48.5 Å². The number of amides is 1. The van der Waals surface area contributed by atoms with Gasteiger partial charge in [-0.2, -0.15) is 4.31 Å². The maximum absolute atomic E-state index is 14.5. The SMILES string of the molecule is CC(C)N(C[C@H](C1CC1)N1C(=O)[C@@](C)(CC(=O)O)C[C@H](c2cccc(Cl)c2)C1c1ccc(Cl)cc1)S(C)(=O)=O. The summed E-state index contributed by atoms with van der Waals surface area (Å²) in [5.74, 6) is -1.49. The van der Waals surface area contributed by atoms with Gasteiger partial charge in [-0.05, 0) is 74.4 Å². The largest absolute Gasteiger partial charge is 0.481 e. The number of carbonyl (C=O) groups excluding carboxylic acids is 1. The van der Waals surface area contributed by atoms with E-state index in [2.05, 4.69) is 0 Å². The number of nitrogens with zero attached hydrogens (tertiary/aromatic N) is 2. The van der Waals surface area contributed by atoms with Crippen molar-refractivity contribution in [2.75, 3.05) is 12.8 Å². The summed E-state index contributed by atoms with van der Waals surface area (Å²) in [5, 5.41) is 10.9. The third-order valence-corrected chi connectivity index (χ3v) is 9.93. The Kier molecular flexibility index (Phi) is 8.72. The lowest BCUT2D eigenvalue weighted by molar-refractivity contribution is -0.161. The van der Waals surface area contributed by atoms with Crippen LogP contribution in [-0.4, -0.2) is 59.5 Å². The van der Waals surface area contributed by atoms with E-state index >= 15 is 0 Å². The lowest BCUT2D eigenvalue weighted by Crippen LogP contribution is -2.59. The van der Waals surface area contributed by atoms with Crippen molar-refractivity contribution in [3.05, 3.63) is 69.7 Å². The number of carbonyl (C=O) groups is 2. The van der Waals surface area contributed by atoms with Crippen molar-refractivity contribution >= 4 is 45.1 Å². The molecule has 10 heteroatoms. The zero-order valence-corrected chi connectivity index (χ0v) is 25.0. The molecule has 2 aromatic carbocycles. The van der Waals surface area contributed by atoms with E-state index in [-0.39, 0.29) is 36.8 Å². The Hall–Kier alpha value is -2.13. The number of hydrogen-bond acceptors (Lipinski definition) is 4. The van der Waals surface area contributed by atoms with Crippen LogP contribution in [-0.2, 0) is 19.6 Å². The summed E-state index contributed by atoms with van der Waals surface area (Å²) in [6, 6.07) is 13.6. The summed E-state index contributed by atoms with van der Waals surface area (Å²) in [4.78, 5) is 28.3. The summed E-state index contributed by atoms with van der Waals surface area (Å²) in [5.41, 5.74) is 0.564. The van der Waals surface area contributed by atoms with E-state index in [4.69, 9.17) is 23.2 Å². The monoisotopic (exact) mass is 594 g/mol. The fourth-order valence-electron chi connectivity index (χ4n) is 6.10. The second kappa shape index (κ2) is 11.4.